The highest BCUT2D eigenvalue weighted by Gasteiger charge is 2.29. The molecule has 0 unspecified atom stereocenters. The molecule has 0 saturated carbocycles. The first-order valence-corrected chi connectivity index (χ1v) is 9.26. The zero-order valence-corrected chi connectivity index (χ0v) is 17.4. The predicted molar refractivity (Wildman–Crippen MR) is 110 cm³/mol. The van der Waals surface area contributed by atoms with Crippen molar-refractivity contribution in [2.24, 2.45) is 0 Å². The van der Waals surface area contributed by atoms with E-state index in [1.807, 2.05) is 0 Å². The van der Waals surface area contributed by atoms with Crippen molar-refractivity contribution in [3.63, 3.8) is 0 Å². The molecule has 0 aliphatic carbocycles. The fraction of sp³-hybridized carbons (Fsp3) is 0.318. The Morgan fingerprint density at radius 3 is 2.37 bits per heavy atom. The van der Waals surface area contributed by atoms with Crippen LogP contribution in [0, 0.1) is 5.82 Å². The van der Waals surface area contributed by atoms with Gasteiger partial charge in [0, 0.05) is 11.2 Å². The number of anilines is 1. The molecule has 2 aromatic carbocycles. The van der Waals surface area contributed by atoms with Crippen molar-refractivity contribution in [3.8, 4) is 11.5 Å². The van der Waals surface area contributed by atoms with E-state index in [1.54, 1.807) is 32.9 Å². The zero-order valence-electron chi connectivity index (χ0n) is 17.4. The summed E-state index contributed by atoms with van der Waals surface area (Å²) in [5.41, 5.74) is 0.0138. The average Bonchev–Trinajstić information content (AvgIpc) is 2.71. The molecular weight excluding hydrogens is 391 g/mol. The van der Waals surface area contributed by atoms with Gasteiger partial charge in [0.05, 0.1) is 12.7 Å². The Kier molecular flexibility index (Phi) is 7.52. The van der Waals surface area contributed by atoms with Crippen LogP contribution in [0.1, 0.15) is 31.1 Å². The van der Waals surface area contributed by atoms with Crippen LogP contribution in [0.4, 0.5) is 10.1 Å². The molecule has 1 N–H and O–H groups in total. The monoisotopic (exact) mass is 416 g/mol. The van der Waals surface area contributed by atoms with Crippen molar-refractivity contribution in [2.45, 2.75) is 26.3 Å². The van der Waals surface area contributed by atoms with Gasteiger partial charge in [-0.1, -0.05) is 0 Å². The number of aldehydes is 1. The molecule has 0 aliphatic rings. The van der Waals surface area contributed by atoms with E-state index in [2.05, 4.69) is 5.32 Å². The van der Waals surface area contributed by atoms with Crippen molar-refractivity contribution < 1.29 is 28.2 Å². The lowest BCUT2D eigenvalue weighted by Gasteiger charge is -2.35. The summed E-state index contributed by atoms with van der Waals surface area (Å²) in [5.74, 6) is -0.537. The lowest BCUT2D eigenvalue weighted by Crippen LogP contribution is -2.51. The van der Waals surface area contributed by atoms with Crippen LogP contribution in [0.15, 0.2) is 42.5 Å². The second-order valence-corrected chi connectivity index (χ2v) is 7.52. The second kappa shape index (κ2) is 9.87. The zero-order chi connectivity index (χ0) is 22.3. The van der Waals surface area contributed by atoms with Gasteiger partial charge in [-0.2, -0.15) is 0 Å². The van der Waals surface area contributed by atoms with Crippen LogP contribution in [0.5, 0.6) is 11.5 Å². The highest BCUT2D eigenvalue weighted by molar-refractivity contribution is 5.95. The molecule has 0 aromatic heterocycles. The fourth-order valence-electron chi connectivity index (χ4n) is 2.67. The first-order valence-electron chi connectivity index (χ1n) is 9.26. The van der Waals surface area contributed by atoms with E-state index >= 15 is 0 Å². The lowest BCUT2D eigenvalue weighted by atomic mass is 10.1. The topological polar surface area (TPSA) is 84.9 Å². The Balaban J connectivity index is 2.06. The number of halogens is 1. The van der Waals surface area contributed by atoms with Crippen LogP contribution in [0.3, 0.4) is 0 Å². The Morgan fingerprint density at radius 2 is 1.80 bits per heavy atom. The van der Waals surface area contributed by atoms with Gasteiger partial charge in [0.1, 0.15) is 23.9 Å². The molecule has 30 heavy (non-hydrogen) atoms. The Morgan fingerprint density at radius 1 is 1.13 bits per heavy atom. The maximum Gasteiger partial charge on any atom is 0.261 e. The summed E-state index contributed by atoms with van der Waals surface area (Å²) < 4.78 is 23.6. The number of amides is 2. The molecule has 0 aliphatic heterocycles. The number of rotatable bonds is 8. The maximum absolute atomic E-state index is 13.0. The molecular formula is C22H25FN2O5. The van der Waals surface area contributed by atoms with Gasteiger partial charge in [0.15, 0.2) is 12.9 Å². The SMILES string of the molecule is COc1ccc(OCC(=O)N(CC(=O)Nc2ccc(F)cc2)C(C)(C)C)c(C=O)c1. The van der Waals surface area contributed by atoms with Gasteiger partial charge in [-0.25, -0.2) is 4.39 Å². The third-order valence-corrected chi connectivity index (χ3v) is 4.24. The van der Waals surface area contributed by atoms with Crippen LogP contribution in [0.2, 0.25) is 0 Å². The van der Waals surface area contributed by atoms with Gasteiger partial charge in [-0.3, -0.25) is 14.4 Å². The minimum Gasteiger partial charge on any atom is -0.497 e. The smallest absolute Gasteiger partial charge is 0.261 e. The van der Waals surface area contributed by atoms with Gasteiger partial charge in [-0.15, -0.1) is 0 Å². The first kappa shape index (κ1) is 22.9. The van der Waals surface area contributed by atoms with Crippen molar-refractivity contribution in [1.82, 2.24) is 4.90 Å². The summed E-state index contributed by atoms with van der Waals surface area (Å²) >= 11 is 0. The summed E-state index contributed by atoms with van der Waals surface area (Å²) in [4.78, 5) is 37.8. The third kappa shape index (κ3) is 6.30. The second-order valence-electron chi connectivity index (χ2n) is 7.52. The number of methoxy groups -OCH3 is 1. The average molecular weight is 416 g/mol. The number of nitrogens with zero attached hydrogens (tertiary/aromatic N) is 1. The van der Waals surface area contributed by atoms with Crippen LogP contribution < -0.4 is 14.8 Å². The van der Waals surface area contributed by atoms with Gasteiger partial charge < -0.3 is 19.7 Å². The standard InChI is InChI=1S/C22H25FN2O5/c1-22(2,3)25(12-20(27)24-17-7-5-16(23)6-8-17)21(28)14-30-19-10-9-18(29-4)11-15(19)13-26/h5-11,13H,12,14H2,1-4H3,(H,24,27). The van der Waals surface area contributed by atoms with Crippen molar-refractivity contribution in [1.29, 1.82) is 0 Å². The largest absolute Gasteiger partial charge is 0.497 e. The van der Waals surface area contributed by atoms with Crippen molar-refractivity contribution in [2.75, 3.05) is 25.6 Å². The molecule has 160 valence electrons. The number of benzene rings is 2. The Bertz CT molecular complexity index is 907. The van der Waals surface area contributed by atoms with Crippen LogP contribution in [-0.2, 0) is 9.59 Å². The molecule has 2 rings (SSSR count). The third-order valence-electron chi connectivity index (χ3n) is 4.24. The minimum atomic E-state index is -0.659. The van der Waals surface area contributed by atoms with E-state index in [9.17, 15) is 18.8 Å². The number of ether oxygens (including phenoxy) is 2. The molecule has 0 atom stereocenters. The molecule has 0 radical (unpaired) electrons. The summed E-state index contributed by atoms with van der Waals surface area (Å²) in [7, 11) is 1.48. The Labute approximate surface area is 174 Å². The molecule has 0 saturated heterocycles. The summed E-state index contributed by atoms with van der Waals surface area (Å²) in [6.45, 7) is 4.81. The van der Waals surface area contributed by atoms with E-state index in [4.69, 9.17) is 9.47 Å². The maximum atomic E-state index is 13.0. The van der Waals surface area contributed by atoms with Gasteiger partial charge in [0.2, 0.25) is 5.91 Å². The quantitative estimate of drug-likeness (QED) is 0.668. The molecule has 0 heterocycles. The van der Waals surface area contributed by atoms with Crippen LogP contribution >= 0.6 is 0 Å². The first-order chi connectivity index (χ1) is 14.1. The molecule has 2 amide bonds. The summed E-state index contributed by atoms with van der Waals surface area (Å²) in [6, 6.07) is 9.99. The van der Waals surface area contributed by atoms with Crippen molar-refractivity contribution in [3.05, 3.63) is 53.8 Å². The number of hydrogen-bond acceptors (Lipinski definition) is 5. The molecule has 0 spiro atoms. The number of nitrogens with one attached hydrogen (secondary N) is 1. The van der Waals surface area contributed by atoms with E-state index in [1.165, 1.54) is 42.3 Å². The molecule has 0 bridgehead atoms. The van der Waals surface area contributed by atoms with E-state index < -0.39 is 23.2 Å². The normalized spacial score (nSPS) is 10.8. The molecule has 2 aromatic rings. The van der Waals surface area contributed by atoms with E-state index in [0.717, 1.165) is 0 Å². The molecule has 7 nitrogen and oxygen atoms in total. The lowest BCUT2D eigenvalue weighted by molar-refractivity contribution is -0.141. The number of hydrogen-bond donors (Lipinski definition) is 1. The number of carbonyl (C=O) groups is 3. The van der Waals surface area contributed by atoms with Gasteiger partial charge >= 0.3 is 0 Å². The fourth-order valence-corrected chi connectivity index (χ4v) is 2.67. The van der Waals surface area contributed by atoms with Crippen LogP contribution in [0.25, 0.3) is 0 Å². The van der Waals surface area contributed by atoms with Crippen LogP contribution in [-0.4, -0.2) is 48.8 Å². The molecule has 0 fully saturated rings. The highest BCUT2D eigenvalue weighted by Crippen LogP contribution is 2.23. The van der Waals surface area contributed by atoms with E-state index in [-0.39, 0.29) is 24.5 Å². The van der Waals surface area contributed by atoms with Gasteiger partial charge in [-0.05, 0) is 63.2 Å². The predicted octanol–water partition coefficient (Wildman–Crippen LogP) is 3.29. The Hall–Kier alpha value is -3.42. The van der Waals surface area contributed by atoms with Crippen molar-refractivity contribution >= 4 is 23.8 Å². The molecule has 8 heteroatoms. The number of carbonyl (C=O) groups excluding carboxylic acids is 3. The highest BCUT2D eigenvalue weighted by atomic mass is 19.1. The summed E-state index contributed by atoms with van der Waals surface area (Å²) in [6.07, 6.45) is 0.611. The van der Waals surface area contributed by atoms with E-state index in [0.29, 0.717) is 17.7 Å². The summed E-state index contributed by atoms with van der Waals surface area (Å²) in [5, 5.41) is 2.63. The minimum absolute atomic E-state index is 0.216. The van der Waals surface area contributed by atoms with Gasteiger partial charge in [0.25, 0.3) is 5.91 Å².